The Morgan fingerprint density at radius 2 is 2.33 bits per heavy atom. The first-order chi connectivity index (χ1) is 9.81. The number of halogens is 1. The Morgan fingerprint density at radius 1 is 1.48 bits per heavy atom. The molecule has 0 unspecified atom stereocenters. The third kappa shape index (κ3) is 3.30. The average Bonchev–Trinajstić information content (AvgIpc) is 2.53. The summed E-state index contributed by atoms with van der Waals surface area (Å²) in [5.74, 6) is 0.621. The van der Waals surface area contributed by atoms with Gasteiger partial charge in [-0.2, -0.15) is 5.26 Å². The number of piperazine rings is 1. The minimum absolute atomic E-state index is 0. The van der Waals surface area contributed by atoms with Gasteiger partial charge in [0.2, 0.25) is 0 Å². The van der Waals surface area contributed by atoms with Crippen molar-refractivity contribution in [1.82, 2.24) is 10.2 Å². The molecule has 21 heavy (non-hydrogen) atoms. The molecular weight excluding hydrogens is 290 g/mol. The number of ether oxygens (including phenoxy) is 2. The van der Waals surface area contributed by atoms with Gasteiger partial charge in [0.15, 0.2) is 0 Å². The zero-order valence-electron chi connectivity index (χ0n) is 12.0. The maximum absolute atomic E-state index is 9.03. The molecule has 2 heterocycles. The molecule has 2 fully saturated rings. The topological polar surface area (TPSA) is 57.5 Å². The molecule has 0 spiro atoms. The van der Waals surface area contributed by atoms with E-state index in [1.165, 1.54) is 0 Å². The molecule has 1 N–H and O–H groups in total. The van der Waals surface area contributed by atoms with E-state index in [2.05, 4.69) is 16.3 Å². The number of hydrogen-bond donors (Lipinski definition) is 1. The van der Waals surface area contributed by atoms with Crippen molar-refractivity contribution in [2.45, 2.75) is 12.1 Å². The smallest absolute Gasteiger partial charge is 0.136 e. The normalized spacial score (nSPS) is 25.3. The highest BCUT2D eigenvalue weighted by Gasteiger charge is 2.31. The Balaban J connectivity index is 0.00000161. The Kier molecular flexibility index (Phi) is 5.43. The van der Waals surface area contributed by atoms with E-state index in [4.69, 9.17) is 14.7 Å². The van der Waals surface area contributed by atoms with Crippen molar-refractivity contribution in [1.29, 1.82) is 5.26 Å². The van der Waals surface area contributed by atoms with Crippen LogP contribution in [0.5, 0.6) is 5.75 Å². The van der Waals surface area contributed by atoms with E-state index in [-0.39, 0.29) is 18.5 Å². The Morgan fingerprint density at radius 3 is 3.10 bits per heavy atom. The van der Waals surface area contributed by atoms with Gasteiger partial charge in [-0.3, -0.25) is 4.90 Å². The fraction of sp³-hybridized carbons (Fsp3) is 0.533. The lowest BCUT2D eigenvalue weighted by Gasteiger charge is -2.42. The highest BCUT2D eigenvalue weighted by atomic mass is 35.5. The quantitative estimate of drug-likeness (QED) is 0.893. The lowest BCUT2D eigenvalue weighted by atomic mass is 10.0. The molecule has 1 aromatic rings. The van der Waals surface area contributed by atoms with Crippen molar-refractivity contribution in [2.24, 2.45) is 0 Å². The largest absolute Gasteiger partial charge is 0.495 e. The maximum Gasteiger partial charge on any atom is 0.136 e. The lowest BCUT2D eigenvalue weighted by Crippen LogP contribution is -2.57. The van der Waals surface area contributed by atoms with Gasteiger partial charge in [0.25, 0.3) is 0 Å². The molecule has 0 radical (unpaired) electrons. The van der Waals surface area contributed by atoms with E-state index in [1.54, 1.807) is 13.2 Å². The summed E-state index contributed by atoms with van der Waals surface area (Å²) in [5.41, 5.74) is 1.64. The molecule has 2 atom stereocenters. The standard InChI is InChI=1S/C15H19N3O2.ClH/c1-19-14-6-11(2-3-12(14)7-16)15-9-18-5-4-17-8-13(18)10-20-15;/h2-3,6,13,15,17H,4-5,8-10H2,1H3;1H/t13-,15-;/m1./s1. The Labute approximate surface area is 131 Å². The van der Waals surface area contributed by atoms with Gasteiger partial charge < -0.3 is 14.8 Å². The number of rotatable bonds is 2. The van der Waals surface area contributed by atoms with E-state index in [1.807, 2.05) is 12.1 Å². The number of fused-ring (bicyclic) bond motifs is 1. The molecule has 3 rings (SSSR count). The van der Waals surface area contributed by atoms with Crippen LogP contribution in [-0.4, -0.2) is 50.8 Å². The molecule has 1 aromatic carbocycles. The molecule has 2 saturated heterocycles. The van der Waals surface area contributed by atoms with Gasteiger partial charge in [-0.1, -0.05) is 6.07 Å². The Bertz CT molecular complexity index is 532. The van der Waals surface area contributed by atoms with Crippen LogP contribution >= 0.6 is 12.4 Å². The minimum atomic E-state index is 0. The summed E-state index contributed by atoms with van der Waals surface area (Å²) in [6, 6.07) is 8.32. The second kappa shape index (κ2) is 7.10. The van der Waals surface area contributed by atoms with Crippen molar-refractivity contribution < 1.29 is 9.47 Å². The molecule has 0 amide bonds. The summed E-state index contributed by atoms with van der Waals surface area (Å²) < 4.78 is 11.3. The average molecular weight is 310 g/mol. The van der Waals surface area contributed by atoms with Gasteiger partial charge in [0, 0.05) is 32.2 Å². The zero-order valence-corrected chi connectivity index (χ0v) is 12.9. The summed E-state index contributed by atoms with van der Waals surface area (Å²) in [6.07, 6.45) is 0.0611. The molecule has 0 bridgehead atoms. The third-order valence-corrected chi connectivity index (χ3v) is 4.08. The number of nitrogens with one attached hydrogen (secondary N) is 1. The van der Waals surface area contributed by atoms with Crippen LogP contribution in [-0.2, 0) is 4.74 Å². The lowest BCUT2D eigenvalue weighted by molar-refractivity contribution is -0.0718. The van der Waals surface area contributed by atoms with Crippen LogP contribution in [0.25, 0.3) is 0 Å². The summed E-state index contributed by atoms with van der Waals surface area (Å²) in [6.45, 7) is 4.77. The highest BCUT2D eigenvalue weighted by Crippen LogP contribution is 2.29. The van der Waals surface area contributed by atoms with Crippen LogP contribution in [0.3, 0.4) is 0 Å². The second-order valence-corrected chi connectivity index (χ2v) is 5.25. The number of nitrogens with zero attached hydrogens (tertiary/aromatic N) is 2. The number of morpholine rings is 1. The first-order valence-electron chi connectivity index (χ1n) is 6.96. The first kappa shape index (κ1) is 16.1. The van der Waals surface area contributed by atoms with Crippen molar-refractivity contribution >= 4 is 12.4 Å². The van der Waals surface area contributed by atoms with E-state index in [0.29, 0.717) is 17.4 Å². The molecule has 2 aliphatic rings. The monoisotopic (exact) mass is 309 g/mol. The van der Waals surface area contributed by atoms with Crippen LogP contribution in [0, 0.1) is 11.3 Å². The van der Waals surface area contributed by atoms with E-state index in [0.717, 1.165) is 38.3 Å². The van der Waals surface area contributed by atoms with Crippen LogP contribution in [0.4, 0.5) is 0 Å². The number of methoxy groups -OCH3 is 1. The summed E-state index contributed by atoms with van der Waals surface area (Å²) >= 11 is 0. The fourth-order valence-corrected chi connectivity index (χ4v) is 2.90. The molecular formula is C15H20ClN3O2. The summed E-state index contributed by atoms with van der Waals surface area (Å²) in [5, 5.41) is 12.4. The molecule has 114 valence electrons. The van der Waals surface area contributed by atoms with Crippen molar-refractivity contribution in [3.05, 3.63) is 29.3 Å². The maximum atomic E-state index is 9.03. The molecule has 0 saturated carbocycles. The van der Waals surface area contributed by atoms with E-state index < -0.39 is 0 Å². The van der Waals surface area contributed by atoms with Crippen molar-refractivity contribution in [3.63, 3.8) is 0 Å². The van der Waals surface area contributed by atoms with E-state index >= 15 is 0 Å². The number of nitriles is 1. The van der Waals surface area contributed by atoms with Gasteiger partial charge in [-0.25, -0.2) is 0 Å². The molecule has 5 nitrogen and oxygen atoms in total. The van der Waals surface area contributed by atoms with Crippen molar-refractivity contribution in [2.75, 3.05) is 39.9 Å². The van der Waals surface area contributed by atoms with Crippen LogP contribution in [0.1, 0.15) is 17.2 Å². The summed E-state index contributed by atoms with van der Waals surface area (Å²) in [7, 11) is 1.59. The van der Waals surface area contributed by atoms with Gasteiger partial charge in [0.05, 0.1) is 25.4 Å². The third-order valence-electron chi connectivity index (χ3n) is 4.08. The summed E-state index contributed by atoms with van der Waals surface area (Å²) in [4.78, 5) is 2.48. The minimum Gasteiger partial charge on any atom is -0.495 e. The van der Waals surface area contributed by atoms with Crippen LogP contribution in [0.15, 0.2) is 18.2 Å². The molecule has 0 aliphatic carbocycles. The van der Waals surface area contributed by atoms with E-state index in [9.17, 15) is 0 Å². The second-order valence-electron chi connectivity index (χ2n) is 5.25. The van der Waals surface area contributed by atoms with Gasteiger partial charge in [-0.15, -0.1) is 12.4 Å². The predicted octanol–water partition coefficient (Wildman–Crippen LogP) is 1.33. The highest BCUT2D eigenvalue weighted by molar-refractivity contribution is 5.85. The van der Waals surface area contributed by atoms with Crippen LogP contribution < -0.4 is 10.1 Å². The Hall–Kier alpha value is -1.32. The van der Waals surface area contributed by atoms with Gasteiger partial charge in [0.1, 0.15) is 11.8 Å². The number of hydrogen-bond acceptors (Lipinski definition) is 5. The first-order valence-corrected chi connectivity index (χ1v) is 6.96. The SMILES string of the molecule is COc1cc([C@H]2CN3CCNC[C@@H]3CO2)ccc1C#N.Cl. The molecule has 6 heteroatoms. The zero-order chi connectivity index (χ0) is 13.9. The van der Waals surface area contributed by atoms with Crippen molar-refractivity contribution in [3.8, 4) is 11.8 Å². The fourth-order valence-electron chi connectivity index (χ4n) is 2.90. The predicted molar refractivity (Wildman–Crippen MR) is 81.9 cm³/mol. The van der Waals surface area contributed by atoms with Gasteiger partial charge in [-0.05, 0) is 17.7 Å². The van der Waals surface area contributed by atoms with Crippen LogP contribution in [0.2, 0.25) is 0 Å². The molecule has 2 aliphatic heterocycles. The molecule has 0 aromatic heterocycles. The van der Waals surface area contributed by atoms with Gasteiger partial charge >= 0.3 is 0 Å². The number of benzene rings is 1.